The molecule has 0 fully saturated rings. The molecule has 16 heavy (non-hydrogen) atoms. The summed E-state index contributed by atoms with van der Waals surface area (Å²) < 4.78 is 5.83. The molecule has 0 radical (unpaired) electrons. The van der Waals surface area contributed by atoms with Crippen molar-refractivity contribution in [2.75, 3.05) is 13.7 Å². The summed E-state index contributed by atoms with van der Waals surface area (Å²) in [4.78, 5) is 0. The summed E-state index contributed by atoms with van der Waals surface area (Å²) in [6, 6.07) is 0.500. The fraction of sp³-hybridized carbons (Fsp3) is 1.00. The van der Waals surface area contributed by atoms with Crippen LogP contribution in [0.4, 0.5) is 0 Å². The Morgan fingerprint density at radius 1 is 1.00 bits per heavy atom. The quantitative estimate of drug-likeness (QED) is 0.545. The molecule has 2 atom stereocenters. The second kappa shape index (κ2) is 11.4. The summed E-state index contributed by atoms with van der Waals surface area (Å²) in [6.07, 6.45) is 9.48. The number of hydrogen-bond donors (Lipinski definition) is 1. The molecule has 1 N–H and O–H groups in total. The standard InChI is InChI=1S/C14H31NO/c1-5-7-8-9-10-11-12-16-13(3)14(6-2)15-4/h13-15H,5-12H2,1-4H3. The van der Waals surface area contributed by atoms with Gasteiger partial charge in [0.25, 0.3) is 0 Å². The van der Waals surface area contributed by atoms with Crippen molar-refractivity contribution in [3.63, 3.8) is 0 Å². The third-order valence-corrected chi connectivity index (χ3v) is 3.26. The van der Waals surface area contributed by atoms with Gasteiger partial charge < -0.3 is 10.1 Å². The lowest BCUT2D eigenvalue weighted by Gasteiger charge is -2.22. The Hall–Kier alpha value is -0.0800. The van der Waals surface area contributed by atoms with Gasteiger partial charge in [-0.2, -0.15) is 0 Å². The van der Waals surface area contributed by atoms with Crippen LogP contribution in [0.25, 0.3) is 0 Å². The molecule has 0 aromatic rings. The number of ether oxygens (including phenoxy) is 1. The van der Waals surface area contributed by atoms with Gasteiger partial charge in [-0.15, -0.1) is 0 Å². The molecule has 2 unspecified atom stereocenters. The van der Waals surface area contributed by atoms with Gasteiger partial charge >= 0.3 is 0 Å². The summed E-state index contributed by atoms with van der Waals surface area (Å²) in [5.74, 6) is 0. The smallest absolute Gasteiger partial charge is 0.0699 e. The third-order valence-electron chi connectivity index (χ3n) is 3.26. The van der Waals surface area contributed by atoms with Crippen LogP contribution in [0.5, 0.6) is 0 Å². The van der Waals surface area contributed by atoms with Crippen molar-refractivity contribution in [1.82, 2.24) is 5.32 Å². The molecule has 0 aliphatic carbocycles. The van der Waals surface area contributed by atoms with Crippen LogP contribution in [-0.2, 0) is 4.74 Å². The summed E-state index contributed by atoms with van der Waals surface area (Å²) in [5.41, 5.74) is 0. The maximum atomic E-state index is 5.83. The fourth-order valence-corrected chi connectivity index (χ4v) is 2.04. The van der Waals surface area contributed by atoms with Crippen LogP contribution >= 0.6 is 0 Å². The highest BCUT2D eigenvalue weighted by Gasteiger charge is 2.12. The number of likely N-dealkylation sites (N-methyl/N-ethyl adjacent to an activating group) is 1. The zero-order valence-electron chi connectivity index (χ0n) is 11.7. The molecule has 0 aromatic carbocycles. The molecular formula is C14H31NO. The third kappa shape index (κ3) is 8.12. The maximum Gasteiger partial charge on any atom is 0.0699 e. The number of unbranched alkanes of at least 4 members (excludes halogenated alkanes) is 5. The SMILES string of the molecule is CCCCCCCCOC(C)C(CC)NC. The molecule has 0 bridgehead atoms. The van der Waals surface area contributed by atoms with E-state index in [1.165, 1.54) is 38.5 Å². The zero-order chi connectivity index (χ0) is 12.2. The Bertz CT molecular complexity index is 135. The highest BCUT2D eigenvalue weighted by molar-refractivity contribution is 4.69. The van der Waals surface area contributed by atoms with E-state index >= 15 is 0 Å². The van der Waals surface area contributed by atoms with E-state index in [2.05, 4.69) is 26.1 Å². The average molecular weight is 229 g/mol. The predicted molar refractivity (Wildman–Crippen MR) is 71.9 cm³/mol. The molecular weight excluding hydrogens is 198 g/mol. The Kier molecular flexibility index (Phi) is 11.3. The van der Waals surface area contributed by atoms with Crippen molar-refractivity contribution in [2.24, 2.45) is 0 Å². The topological polar surface area (TPSA) is 21.3 Å². The monoisotopic (exact) mass is 229 g/mol. The van der Waals surface area contributed by atoms with Crippen LogP contribution in [0.15, 0.2) is 0 Å². The van der Waals surface area contributed by atoms with E-state index in [4.69, 9.17) is 4.74 Å². The number of rotatable bonds is 11. The van der Waals surface area contributed by atoms with Gasteiger partial charge in [-0.3, -0.25) is 0 Å². The van der Waals surface area contributed by atoms with Crippen molar-refractivity contribution in [3.05, 3.63) is 0 Å². The van der Waals surface area contributed by atoms with Gasteiger partial charge in [0.2, 0.25) is 0 Å². The van der Waals surface area contributed by atoms with Gasteiger partial charge in [-0.25, -0.2) is 0 Å². The first kappa shape index (κ1) is 15.9. The lowest BCUT2D eigenvalue weighted by Crippen LogP contribution is -2.37. The first-order valence-corrected chi connectivity index (χ1v) is 7.05. The second-order valence-corrected chi connectivity index (χ2v) is 4.65. The van der Waals surface area contributed by atoms with Gasteiger partial charge in [0.05, 0.1) is 6.10 Å². The molecule has 0 rings (SSSR count). The van der Waals surface area contributed by atoms with Gasteiger partial charge in [0, 0.05) is 12.6 Å². The van der Waals surface area contributed by atoms with Gasteiger partial charge in [0.15, 0.2) is 0 Å². The molecule has 0 aromatic heterocycles. The van der Waals surface area contributed by atoms with Crippen LogP contribution < -0.4 is 5.32 Å². The maximum absolute atomic E-state index is 5.83. The van der Waals surface area contributed by atoms with E-state index in [0.29, 0.717) is 12.1 Å². The number of hydrogen-bond acceptors (Lipinski definition) is 2. The minimum absolute atomic E-state index is 0.339. The normalized spacial score (nSPS) is 15.0. The first-order valence-electron chi connectivity index (χ1n) is 7.05. The van der Waals surface area contributed by atoms with Crippen molar-refractivity contribution in [3.8, 4) is 0 Å². The van der Waals surface area contributed by atoms with Crippen molar-refractivity contribution in [1.29, 1.82) is 0 Å². The Morgan fingerprint density at radius 3 is 2.19 bits per heavy atom. The number of nitrogens with one attached hydrogen (secondary N) is 1. The highest BCUT2D eigenvalue weighted by atomic mass is 16.5. The summed E-state index contributed by atoms with van der Waals surface area (Å²) in [5, 5.41) is 3.30. The van der Waals surface area contributed by atoms with E-state index in [9.17, 15) is 0 Å². The Morgan fingerprint density at radius 2 is 1.62 bits per heavy atom. The predicted octanol–water partition coefficient (Wildman–Crippen LogP) is 3.75. The molecule has 0 saturated heterocycles. The molecule has 0 aliphatic heterocycles. The van der Waals surface area contributed by atoms with E-state index in [-0.39, 0.29) is 0 Å². The second-order valence-electron chi connectivity index (χ2n) is 4.65. The molecule has 0 amide bonds. The summed E-state index contributed by atoms with van der Waals surface area (Å²) >= 11 is 0. The van der Waals surface area contributed by atoms with Crippen LogP contribution in [-0.4, -0.2) is 25.8 Å². The van der Waals surface area contributed by atoms with Gasteiger partial charge in [-0.05, 0) is 26.8 Å². The van der Waals surface area contributed by atoms with E-state index < -0.39 is 0 Å². The molecule has 0 spiro atoms. The summed E-state index contributed by atoms with van der Waals surface area (Å²) in [6.45, 7) is 7.55. The van der Waals surface area contributed by atoms with Crippen molar-refractivity contribution >= 4 is 0 Å². The van der Waals surface area contributed by atoms with E-state index in [0.717, 1.165) is 13.0 Å². The van der Waals surface area contributed by atoms with E-state index in [1.807, 2.05) is 7.05 Å². The molecule has 0 heterocycles. The average Bonchev–Trinajstić information content (AvgIpc) is 2.29. The minimum Gasteiger partial charge on any atom is -0.377 e. The lowest BCUT2D eigenvalue weighted by atomic mass is 10.1. The van der Waals surface area contributed by atoms with Gasteiger partial charge in [0.1, 0.15) is 0 Å². The van der Waals surface area contributed by atoms with Crippen LogP contribution in [0, 0.1) is 0 Å². The Labute approximate surface area is 102 Å². The molecule has 2 nitrogen and oxygen atoms in total. The van der Waals surface area contributed by atoms with Crippen molar-refractivity contribution in [2.45, 2.75) is 77.9 Å². The summed E-state index contributed by atoms with van der Waals surface area (Å²) in [7, 11) is 2.01. The molecule has 0 saturated carbocycles. The lowest BCUT2D eigenvalue weighted by molar-refractivity contribution is 0.0374. The van der Waals surface area contributed by atoms with Crippen LogP contribution in [0.3, 0.4) is 0 Å². The van der Waals surface area contributed by atoms with Crippen LogP contribution in [0.1, 0.15) is 65.7 Å². The highest BCUT2D eigenvalue weighted by Crippen LogP contribution is 2.07. The largest absolute Gasteiger partial charge is 0.377 e. The fourth-order valence-electron chi connectivity index (χ4n) is 2.04. The molecule has 98 valence electrons. The molecule has 2 heteroatoms. The van der Waals surface area contributed by atoms with Gasteiger partial charge in [-0.1, -0.05) is 46.0 Å². The van der Waals surface area contributed by atoms with E-state index in [1.54, 1.807) is 0 Å². The Balaban J connectivity index is 3.30. The first-order chi connectivity index (χ1) is 7.76. The zero-order valence-corrected chi connectivity index (χ0v) is 11.7. The minimum atomic E-state index is 0.339. The van der Waals surface area contributed by atoms with Crippen molar-refractivity contribution < 1.29 is 4.74 Å². The van der Waals surface area contributed by atoms with Crippen LogP contribution in [0.2, 0.25) is 0 Å². The molecule has 0 aliphatic rings.